The van der Waals surface area contributed by atoms with E-state index in [-0.39, 0.29) is 48.5 Å². The second-order valence-electron chi connectivity index (χ2n) is 9.06. The topological polar surface area (TPSA) is 134 Å². The molecule has 2 rings (SSSR count). The van der Waals surface area contributed by atoms with Crippen LogP contribution in [0.3, 0.4) is 0 Å². The molecule has 0 bridgehead atoms. The fraction of sp³-hybridized carbons (Fsp3) is 0.577. The summed E-state index contributed by atoms with van der Waals surface area (Å²) in [6.45, 7) is 5.64. The molecule has 1 heterocycles. The molecule has 1 aromatic carbocycles. The molecule has 0 aliphatic carbocycles. The first-order valence-electron chi connectivity index (χ1n) is 12.5. The number of carbonyl (C=O) groups is 5. The monoisotopic (exact) mass is 502 g/mol. The van der Waals surface area contributed by atoms with E-state index >= 15 is 0 Å². The number of β-lactam (4-membered cyclic amide) rings is 1. The maximum atomic E-state index is 12.0. The second kappa shape index (κ2) is 15.7. The Labute approximate surface area is 212 Å². The minimum absolute atomic E-state index is 0.0681. The number of hydrogen-bond donors (Lipinski definition) is 3. The highest BCUT2D eigenvalue weighted by Gasteiger charge is 2.29. The summed E-state index contributed by atoms with van der Waals surface area (Å²) in [6.07, 6.45) is 3.76. The largest absolute Gasteiger partial charge is 0.372 e. The molecule has 1 atom stereocenters. The molecule has 1 aromatic rings. The number of amides is 5. The van der Waals surface area contributed by atoms with Crippen LogP contribution in [-0.4, -0.2) is 67.3 Å². The van der Waals surface area contributed by atoms with Crippen molar-refractivity contribution >= 4 is 29.5 Å². The van der Waals surface area contributed by atoms with Crippen LogP contribution in [-0.2, 0) is 36.9 Å². The van der Waals surface area contributed by atoms with Crippen LogP contribution in [0.25, 0.3) is 0 Å². The van der Waals surface area contributed by atoms with Gasteiger partial charge in [-0.25, -0.2) is 4.79 Å². The molecule has 0 spiro atoms. The fourth-order valence-corrected chi connectivity index (χ4v) is 3.46. The minimum atomic E-state index is -0.240. The number of ketones is 1. The maximum Gasteiger partial charge on any atom is 0.314 e. The van der Waals surface area contributed by atoms with Crippen molar-refractivity contribution in [3.8, 4) is 0 Å². The quantitative estimate of drug-likeness (QED) is 0.233. The van der Waals surface area contributed by atoms with Gasteiger partial charge in [-0.05, 0) is 37.3 Å². The van der Waals surface area contributed by atoms with Gasteiger partial charge < -0.3 is 20.7 Å². The van der Waals surface area contributed by atoms with Gasteiger partial charge in [0.05, 0.1) is 6.42 Å². The van der Waals surface area contributed by atoms with Crippen molar-refractivity contribution in [2.75, 3.05) is 32.8 Å². The van der Waals surface area contributed by atoms with Gasteiger partial charge in [0.15, 0.2) is 0 Å². The van der Waals surface area contributed by atoms with E-state index < -0.39 is 0 Å². The van der Waals surface area contributed by atoms with Gasteiger partial charge in [-0.15, -0.1) is 0 Å². The van der Waals surface area contributed by atoms with Crippen molar-refractivity contribution in [1.29, 1.82) is 0 Å². The van der Waals surface area contributed by atoms with E-state index in [0.717, 1.165) is 30.4 Å². The number of hydrogen-bond acceptors (Lipinski definition) is 6. The number of nitrogens with one attached hydrogen (secondary N) is 3. The highest BCUT2D eigenvalue weighted by Crippen LogP contribution is 2.13. The molecule has 0 aromatic heterocycles. The molecular weight excluding hydrogens is 464 g/mol. The molecule has 198 valence electrons. The molecule has 5 amide bonds. The molecule has 0 radical (unpaired) electrons. The van der Waals surface area contributed by atoms with E-state index in [4.69, 9.17) is 4.74 Å². The Morgan fingerprint density at radius 2 is 1.64 bits per heavy atom. The van der Waals surface area contributed by atoms with Crippen LogP contribution in [0.5, 0.6) is 0 Å². The number of benzene rings is 1. The van der Waals surface area contributed by atoms with Crippen LogP contribution in [0.1, 0.15) is 57.1 Å². The smallest absolute Gasteiger partial charge is 0.314 e. The maximum absolute atomic E-state index is 12.0. The lowest BCUT2D eigenvalue weighted by molar-refractivity contribution is -0.151. The SMILES string of the molecule is CC(=O)C(C)CCCCNC(=O)NCCCOCC(=O)NCc1ccc(CC(=O)N2CCC2=O)cc1. The number of Topliss-reactive ketones (excluding diaryl/α,β-unsaturated/α-hetero) is 1. The summed E-state index contributed by atoms with van der Waals surface area (Å²) >= 11 is 0. The number of rotatable bonds is 16. The van der Waals surface area contributed by atoms with Crippen LogP contribution in [0, 0.1) is 5.92 Å². The number of ether oxygens (including phenoxy) is 1. The highest BCUT2D eigenvalue weighted by molar-refractivity contribution is 6.00. The average Bonchev–Trinajstić information content (AvgIpc) is 2.84. The lowest BCUT2D eigenvalue weighted by atomic mass is 10.0. The van der Waals surface area contributed by atoms with Gasteiger partial charge in [-0.1, -0.05) is 37.6 Å². The Morgan fingerprint density at radius 3 is 2.25 bits per heavy atom. The van der Waals surface area contributed by atoms with Crippen molar-refractivity contribution in [1.82, 2.24) is 20.9 Å². The second-order valence-corrected chi connectivity index (χ2v) is 9.06. The average molecular weight is 503 g/mol. The molecule has 1 unspecified atom stereocenters. The molecule has 1 aliphatic rings. The van der Waals surface area contributed by atoms with Crippen molar-refractivity contribution in [3.05, 3.63) is 35.4 Å². The van der Waals surface area contributed by atoms with Crippen molar-refractivity contribution in [2.24, 2.45) is 5.92 Å². The van der Waals surface area contributed by atoms with E-state index in [1.54, 1.807) is 6.92 Å². The highest BCUT2D eigenvalue weighted by atomic mass is 16.5. The van der Waals surface area contributed by atoms with Gasteiger partial charge in [0.1, 0.15) is 12.4 Å². The zero-order valence-electron chi connectivity index (χ0n) is 21.3. The van der Waals surface area contributed by atoms with Gasteiger partial charge in [-0.2, -0.15) is 0 Å². The Balaban J connectivity index is 1.46. The lowest BCUT2D eigenvalue weighted by Gasteiger charge is -2.28. The van der Waals surface area contributed by atoms with Crippen LogP contribution in [0.2, 0.25) is 0 Å². The summed E-state index contributed by atoms with van der Waals surface area (Å²) in [5.41, 5.74) is 1.71. The van der Waals surface area contributed by atoms with Gasteiger partial charge >= 0.3 is 6.03 Å². The first-order valence-corrected chi connectivity index (χ1v) is 12.5. The summed E-state index contributed by atoms with van der Waals surface area (Å²) in [5, 5.41) is 8.30. The number of carbonyl (C=O) groups excluding carboxylic acids is 5. The minimum Gasteiger partial charge on any atom is -0.372 e. The standard InChI is InChI=1S/C26H38N4O6/c1-19(20(2)31)6-3-4-12-27-26(35)28-13-5-15-36-18-23(32)29-17-22-9-7-21(8-10-22)16-25(34)30-14-11-24(30)33/h7-10,19H,3-6,11-18H2,1-2H3,(H,29,32)(H2,27,28,35). The summed E-state index contributed by atoms with van der Waals surface area (Å²) in [5.74, 6) is -0.287. The summed E-state index contributed by atoms with van der Waals surface area (Å²) in [7, 11) is 0. The number of unbranched alkanes of at least 4 members (excludes halogenated alkanes) is 1. The van der Waals surface area contributed by atoms with Crippen LogP contribution in [0.4, 0.5) is 4.79 Å². The van der Waals surface area contributed by atoms with Crippen LogP contribution >= 0.6 is 0 Å². The Bertz CT molecular complexity index is 902. The van der Waals surface area contributed by atoms with Crippen molar-refractivity contribution in [3.63, 3.8) is 0 Å². The Hall–Kier alpha value is -3.27. The predicted molar refractivity (Wildman–Crippen MR) is 134 cm³/mol. The Morgan fingerprint density at radius 1 is 0.972 bits per heavy atom. The van der Waals surface area contributed by atoms with E-state index in [9.17, 15) is 24.0 Å². The molecule has 0 saturated carbocycles. The third kappa shape index (κ3) is 11.0. The fourth-order valence-electron chi connectivity index (χ4n) is 3.46. The van der Waals surface area contributed by atoms with E-state index in [2.05, 4.69) is 16.0 Å². The van der Waals surface area contributed by atoms with Crippen molar-refractivity contribution < 1.29 is 28.7 Å². The molecule has 3 N–H and O–H groups in total. The zero-order chi connectivity index (χ0) is 26.3. The zero-order valence-corrected chi connectivity index (χ0v) is 21.3. The predicted octanol–water partition coefficient (Wildman–Crippen LogP) is 1.71. The van der Waals surface area contributed by atoms with Crippen molar-refractivity contribution in [2.45, 2.75) is 58.9 Å². The molecule has 10 nitrogen and oxygen atoms in total. The van der Waals surface area contributed by atoms with Crippen LogP contribution < -0.4 is 16.0 Å². The molecule has 36 heavy (non-hydrogen) atoms. The van der Waals surface area contributed by atoms with Gasteiger partial charge in [-0.3, -0.25) is 24.1 Å². The summed E-state index contributed by atoms with van der Waals surface area (Å²) < 4.78 is 5.35. The first kappa shape index (κ1) is 29.0. The molecule has 1 saturated heterocycles. The summed E-state index contributed by atoms with van der Waals surface area (Å²) in [4.78, 5) is 59.5. The van der Waals surface area contributed by atoms with E-state index in [0.29, 0.717) is 45.6 Å². The third-order valence-electron chi connectivity index (χ3n) is 6.05. The number of urea groups is 1. The number of likely N-dealkylation sites (tertiary alicyclic amines) is 1. The normalized spacial score (nSPS) is 13.5. The molecule has 1 fully saturated rings. The summed E-state index contributed by atoms with van der Waals surface area (Å²) in [6, 6.07) is 7.07. The lowest BCUT2D eigenvalue weighted by Crippen LogP contribution is -2.48. The van der Waals surface area contributed by atoms with Gasteiger partial charge in [0, 0.05) is 45.1 Å². The van der Waals surface area contributed by atoms with E-state index in [1.807, 2.05) is 31.2 Å². The van der Waals surface area contributed by atoms with Crippen LogP contribution in [0.15, 0.2) is 24.3 Å². The number of nitrogens with zero attached hydrogens (tertiary/aromatic N) is 1. The first-order chi connectivity index (χ1) is 17.3. The molecule has 1 aliphatic heterocycles. The number of imide groups is 1. The molecule has 10 heteroatoms. The Kier molecular flexibility index (Phi) is 12.6. The molecular formula is C26H38N4O6. The third-order valence-corrected chi connectivity index (χ3v) is 6.05. The van der Waals surface area contributed by atoms with E-state index in [1.165, 1.54) is 4.90 Å². The van der Waals surface area contributed by atoms with Gasteiger partial charge in [0.2, 0.25) is 17.7 Å². The van der Waals surface area contributed by atoms with Gasteiger partial charge in [0.25, 0.3) is 0 Å².